The van der Waals surface area contributed by atoms with Gasteiger partial charge < -0.3 is 13.9 Å². The van der Waals surface area contributed by atoms with E-state index in [-0.39, 0.29) is 5.41 Å². The monoisotopic (exact) mass is 818 g/mol. The van der Waals surface area contributed by atoms with Crippen LogP contribution < -0.4 is 4.90 Å². The highest BCUT2D eigenvalue weighted by Crippen LogP contribution is 2.52. The second-order valence-corrected chi connectivity index (χ2v) is 17.6. The average molecular weight is 819 g/mol. The number of para-hydroxylation sites is 4. The van der Waals surface area contributed by atoms with Gasteiger partial charge in [-0.1, -0.05) is 172 Å². The van der Waals surface area contributed by atoms with Gasteiger partial charge in [0.05, 0.1) is 33.7 Å². The van der Waals surface area contributed by atoms with Gasteiger partial charge in [-0.3, -0.25) is 0 Å². The molecule has 2 aromatic heterocycles. The van der Waals surface area contributed by atoms with Gasteiger partial charge in [-0.05, 0) is 99.4 Å². The van der Waals surface area contributed by atoms with E-state index in [4.69, 9.17) is 4.42 Å². The van der Waals surface area contributed by atoms with Gasteiger partial charge in [0.2, 0.25) is 0 Å². The molecule has 0 saturated carbocycles. The van der Waals surface area contributed by atoms with Crippen LogP contribution in [0.4, 0.5) is 17.1 Å². The third-order valence-corrected chi connectivity index (χ3v) is 13.8. The minimum Gasteiger partial charge on any atom is -0.455 e. The smallest absolute Gasteiger partial charge is 0.145 e. The zero-order valence-electron chi connectivity index (χ0n) is 35.6. The van der Waals surface area contributed by atoms with Crippen LogP contribution in [-0.4, -0.2) is 4.57 Å². The number of hydrogen-bond donors (Lipinski definition) is 0. The molecule has 0 aliphatic heterocycles. The molecule has 302 valence electrons. The standard InChI is InChI=1S/C61H42N2O/c1-61(2)51-24-10-5-19-44(51)45-35-32-41(38-52(45)61)39-30-33-42(34-31-39)62(53-28-15-17-40-16-3-4-18-43(40)53)57-37-36-49-48-22-9-14-29-58(48)64-60(49)59(57)50-23-8-13-27-56(50)63-54-25-11-6-20-46(54)47-21-7-12-26-55(47)63/h3-38H,1-2H3. The number of aromatic nitrogens is 1. The molecule has 0 unspecified atom stereocenters. The lowest BCUT2D eigenvalue weighted by atomic mass is 9.81. The van der Waals surface area contributed by atoms with E-state index < -0.39 is 0 Å². The van der Waals surface area contributed by atoms with Gasteiger partial charge in [-0.2, -0.15) is 0 Å². The van der Waals surface area contributed by atoms with Crippen molar-refractivity contribution in [3.8, 4) is 39.1 Å². The molecule has 0 radical (unpaired) electrons. The summed E-state index contributed by atoms with van der Waals surface area (Å²) in [7, 11) is 0. The summed E-state index contributed by atoms with van der Waals surface area (Å²) in [5, 5.41) is 6.98. The van der Waals surface area contributed by atoms with Crippen molar-refractivity contribution in [1.29, 1.82) is 0 Å². The van der Waals surface area contributed by atoms with E-state index in [9.17, 15) is 0 Å². The van der Waals surface area contributed by atoms with Crippen LogP contribution >= 0.6 is 0 Å². The topological polar surface area (TPSA) is 21.3 Å². The molecule has 3 heteroatoms. The summed E-state index contributed by atoms with van der Waals surface area (Å²) in [5.41, 5.74) is 18.2. The number of nitrogens with zero attached hydrogens (tertiary/aromatic N) is 2. The second-order valence-electron chi connectivity index (χ2n) is 17.6. The summed E-state index contributed by atoms with van der Waals surface area (Å²) in [6.45, 7) is 4.70. The highest BCUT2D eigenvalue weighted by atomic mass is 16.3. The van der Waals surface area contributed by atoms with E-state index in [1.165, 1.54) is 54.9 Å². The van der Waals surface area contributed by atoms with Gasteiger partial charge in [0.15, 0.2) is 0 Å². The molecule has 0 saturated heterocycles. The minimum atomic E-state index is -0.0751. The van der Waals surface area contributed by atoms with Gasteiger partial charge >= 0.3 is 0 Å². The average Bonchev–Trinajstić information content (AvgIpc) is 3.97. The Kier molecular flexibility index (Phi) is 7.95. The Balaban J connectivity index is 1.06. The third kappa shape index (κ3) is 5.34. The highest BCUT2D eigenvalue weighted by Gasteiger charge is 2.35. The van der Waals surface area contributed by atoms with Gasteiger partial charge in [0.1, 0.15) is 11.2 Å². The van der Waals surface area contributed by atoms with Crippen LogP contribution in [0, 0.1) is 0 Å². The fourth-order valence-corrected chi connectivity index (χ4v) is 10.8. The lowest BCUT2D eigenvalue weighted by Crippen LogP contribution is -2.14. The maximum Gasteiger partial charge on any atom is 0.145 e. The Hall–Kier alpha value is -8.14. The second kappa shape index (κ2) is 13.9. The SMILES string of the molecule is CC1(C)c2ccccc2-c2ccc(-c3ccc(N(c4ccc5c(oc6ccccc65)c4-c4ccccc4-n4c5ccccc5c5ccccc54)c4cccc5ccccc45)cc3)cc21. The number of fused-ring (bicyclic) bond motifs is 10. The number of benzene rings is 10. The molecule has 0 fully saturated rings. The van der Waals surface area contributed by atoms with Gasteiger partial charge in [-0.25, -0.2) is 0 Å². The van der Waals surface area contributed by atoms with Crippen molar-refractivity contribution in [3.05, 3.63) is 230 Å². The summed E-state index contributed by atoms with van der Waals surface area (Å²) < 4.78 is 9.48. The molecule has 10 aromatic carbocycles. The molecule has 1 aliphatic rings. The highest BCUT2D eigenvalue weighted by molar-refractivity contribution is 6.16. The van der Waals surface area contributed by atoms with E-state index in [1.807, 2.05) is 0 Å². The Morgan fingerprint density at radius 2 is 1.03 bits per heavy atom. The van der Waals surface area contributed by atoms with E-state index in [0.717, 1.165) is 66.8 Å². The first kappa shape index (κ1) is 36.5. The van der Waals surface area contributed by atoms with E-state index in [0.29, 0.717) is 0 Å². The maximum absolute atomic E-state index is 7.05. The van der Waals surface area contributed by atoms with Crippen LogP contribution in [0.1, 0.15) is 25.0 Å². The van der Waals surface area contributed by atoms with Crippen LogP contribution in [0.15, 0.2) is 223 Å². The van der Waals surface area contributed by atoms with Crippen molar-refractivity contribution < 1.29 is 4.42 Å². The first-order valence-electron chi connectivity index (χ1n) is 22.2. The lowest BCUT2D eigenvalue weighted by Gasteiger charge is -2.30. The summed E-state index contributed by atoms with van der Waals surface area (Å²) >= 11 is 0. The quantitative estimate of drug-likeness (QED) is 0.167. The first-order valence-corrected chi connectivity index (χ1v) is 22.2. The van der Waals surface area contributed by atoms with Gasteiger partial charge in [0.25, 0.3) is 0 Å². The lowest BCUT2D eigenvalue weighted by molar-refractivity contribution is 0.660. The Morgan fingerprint density at radius 1 is 0.422 bits per heavy atom. The molecule has 0 spiro atoms. The fourth-order valence-electron chi connectivity index (χ4n) is 10.8. The largest absolute Gasteiger partial charge is 0.455 e. The molecule has 3 nitrogen and oxygen atoms in total. The molecule has 12 aromatic rings. The Bertz CT molecular complexity index is 3770. The fraction of sp³-hybridized carbons (Fsp3) is 0.0492. The summed E-state index contributed by atoms with van der Waals surface area (Å²) in [6.07, 6.45) is 0. The summed E-state index contributed by atoms with van der Waals surface area (Å²) in [6, 6.07) is 79.6. The zero-order valence-corrected chi connectivity index (χ0v) is 35.6. The van der Waals surface area contributed by atoms with Crippen molar-refractivity contribution in [2.45, 2.75) is 19.3 Å². The molecule has 13 rings (SSSR count). The van der Waals surface area contributed by atoms with Crippen LogP contribution in [0.25, 0.3) is 93.6 Å². The maximum atomic E-state index is 7.05. The molecule has 2 heterocycles. The van der Waals surface area contributed by atoms with Crippen molar-refractivity contribution in [2.75, 3.05) is 4.90 Å². The van der Waals surface area contributed by atoms with Gasteiger partial charge in [0, 0.05) is 43.6 Å². The first-order chi connectivity index (χ1) is 31.5. The molecule has 0 bridgehead atoms. The normalized spacial score (nSPS) is 13.0. The molecular formula is C61H42N2O. The number of anilines is 3. The minimum absolute atomic E-state index is 0.0751. The van der Waals surface area contributed by atoms with Crippen molar-refractivity contribution in [3.63, 3.8) is 0 Å². The predicted molar refractivity (Wildman–Crippen MR) is 269 cm³/mol. The molecule has 0 atom stereocenters. The zero-order chi connectivity index (χ0) is 42.5. The number of furan rings is 1. The van der Waals surface area contributed by atoms with E-state index in [1.54, 1.807) is 0 Å². The van der Waals surface area contributed by atoms with Crippen molar-refractivity contribution in [1.82, 2.24) is 4.57 Å². The Labute approximate surface area is 371 Å². The van der Waals surface area contributed by atoms with E-state index in [2.05, 4.69) is 242 Å². The molecule has 1 aliphatic carbocycles. The molecule has 0 amide bonds. The molecule has 64 heavy (non-hydrogen) atoms. The van der Waals surface area contributed by atoms with E-state index >= 15 is 0 Å². The number of hydrogen-bond acceptors (Lipinski definition) is 2. The van der Waals surface area contributed by atoms with Crippen molar-refractivity contribution >= 4 is 71.6 Å². The van der Waals surface area contributed by atoms with Crippen LogP contribution in [0.5, 0.6) is 0 Å². The Morgan fingerprint density at radius 3 is 1.83 bits per heavy atom. The van der Waals surface area contributed by atoms with Crippen molar-refractivity contribution in [2.24, 2.45) is 0 Å². The predicted octanol–water partition coefficient (Wildman–Crippen LogP) is 16.9. The summed E-state index contributed by atoms with van der Waals surface area (Å²) in [4.78, 5) is 2.44. The summed E-state index contributed by atoms with van der Waals surface area (Å²) in [5.74, 6) is 0. The van der Waals surface area contributed by atoms with Gasteiger partial charge in [-0.15, -0.1) is 0 Å². The molecule has 0 N–H and O–H groups in total. The van der Waals surface area contributed by atoms with Crippen LogP contribution in [0.3, 0.4) is 0 Å². The molecular weight excluding hydrogens is 777 g/mol. The third-order valence-electron chi connectivity index (χ3n) is 13.8. The number of rotatable bonds is 6. The van der Waals surface area contributed by atoms with Crippen LogP contribution in [-0.2, 0) is 5.41 Å². The van der Waals surface area contributed by atoms with Crippen LogP contribution in [0.2, 0.25) is 0 Å².